The molecule has 1 aromatic carbocycles. The molecule has 0 amide bonds. The van der Waals surface area contributed by atoms with Gasteiger partial charge in [0, 0.05) is 17.9 Å². The van der Waals surface area contributed by atoms with Gasteiger partial charge < -0.3 is 4.74 Å². The Hall–Kier alpha value is -0.600. The summed E-state index contributed by atoms with van der Waals surface area (Å²) in [6.07, 6.45) is 4.03. The molecule has 0 saturated carbocycles. The molecule has 0 heterocycles. The van der Waals surface area contributed by atoms with Crippen molar-refractivity contribution in [3.63, 3.8) is 0 Å². The summed E-state index contributed by atoms with van der Waals surface area (Å²) in [4.78, 5) is 0. The Bertz CT molecular complexity index is 284. The molecule has 0 fully saturated rings. The van der Waals surface area contributed by atoms with Gasteiger partial charge in [-0.2, -0.15) is 0 Å². The van der Waals surface area contributed by atoms with Crippen LogP contribution in [0, 0.1) is 0 Å². The summed E-state index contributed by atoms with van der Waals surface area (Å²) < 4.78 is 5.67. The van der Waals surface area contributed by atoms with Gasteiger partial charge in [-0.3, -0.25) is 0 Å². The molecule has 0 bridgehead atoms. The van der Waals surface area contributed by atoms with E-state index in [1.54, 1.807) is 0 Å². The quantitative estimate of drug-likeness (QED) is 0.395. The summed E-state index contributed by atoms with van der Waals surface area (Å²) in [6, 6.07) is 10.5. The van der Waals surface area contributed by atoms with E-state index in [4.69, 9.17) is 4.74 Å². The van der Waals surface area contributed by atoms with Crippen molar-refractivity contribution in [1.82, 2.24) is 0 Å². The zero-order chi connectivity index (χ0) is 11.6. The van der Waals surface area contributed by atoms with E-state index in [1.165, 1.54) is 5.56 Å². The van der Waals surface area contributed by atoms with Crippen molar-refractivity contribution in [3.05, 3.63) is 48.6 Å². The van der Waals surface area contributed by atoms with Crippen molar-refractivity contribution in [2.24, 2.45) is 0 Å². The first-order valence-electron chi connectivity index (χ1n) is 5.68. The van der Waals surface area contributed by atoms with Crippen molar-refractivity contribution in [1.29, 1.82) is 0 Å². The first kappa shape index (κ1) is 13.5. The van der Waals surface area contributed by atoms with Crippen molar-refractivity contribution >= 4 is 15.9 Å². The Kier molecular flexibility index (Phi) is 7.19. The molecule has 2 heteroatoms. The summed E-state index contributed by atoms with van der Waals surface area (Å²) in [5, 5.41) is 0.943. The highest BCUT2D eigenvalue weighted by molar-refractivity contribution is 9.09. The van der Waals surface area contributed by atoms with Crippen molar-refractivity contribution in [3.8, 4) is 0 Å². The molecule has 1 atom stereocenters. The monoisotopic (exact) mass is 282 g/mol. The third kappa shape index (κ3) is 4.95. The molecule has 16 heavy (non-hydrogen) atoms. The Balaban J connectivity index is 2.30. The molecule has 0 aliphatic carbocycles. The molecule has 1 aromatic rings. The standard InChI is InChI=1S/C14H19BrO/c1-2-3-7-10-16-12-14(11-15)13-8-5-4-6-9-13/h2,4-6,8-9,14H,1,3,7,10-12H2. The molecular formula is C14H19BrO. The fraction of sp³-hybridized carbons (Fsp3) is 0.429. The molecule has 0 N–H and O–H groups in total. The lowest BCUT2D eigenvalue weighted by Gasteiger charge is -2.14. The fourth-order valence-corrected chi connectivity index (χ4v) is 2.07. The van der Waals surface area contributed by atoms with Crippen LogP contribution in [0.3, 0.4) is 0 Å². The Labute approximate surface area is 107 Å². The van der Waals surface area contributed by atoms with Gasteiger partial charge in [0.2, 0.25) is 0 Å². The van der Waals surface area contributed by atoms with Crippen LogP contribution in [-0.4, -0.2) is 18.5 Å². The molecule has 0 radical (unpaired) electrons. The summed E-state index contributed by atoms with van der Waals surface area (Å²) in [5.41, 5.74) is 1.34. The number of allylic oxidation sites excluding steroid dienone is 1. The molecule has 1 nitrogen and oxygen atoms in total. The van der Waals surface area contributed by atoms with Gasteiger partial charge in [0.25, 0.3) is 0 Å². The molecular weight excluding hydrogens is 264 g/mol. The van der Waals surface area contributed by atoms with Gasteiger partial charge in [0.05, 0.1) is 6.61 Å². The molecule has 88 valence electrons. The number of hydrogen-bond donors (Lipinski definition) is 0. The zero-order valence-electron chi connectivity index (χ0n) is 9.57. The second-order valence-electron chi connectivity index (χ2n) is 3.77. The predicted molar refractivity (Wildman–Crippen MR) is 73.2 cm³/mol. The van der Waals surface area contributed by atoms with E-state index in [1.807, 2.05) is 12.1 Å². The van der Waals surface area contributed by atoms with E-state index in [0.29, 0.717) is 5.92 Å². The van der Waals surface area contributed by atoms with Crippen molar-refractivity contribution in [2.75, 3.05) is 18.5 Å². The molecule has 1 rings (SSSR count). The average Bonchev–Trinajstić information content (AvgIpc) is 2.35. The topological polar surface area (TPSA) is 9.23 Å². The van der Waals surface area contributed by atoms with E-state index in [9.17, 15) is 0 Å². The van der Waals surface area contributed by atoms with Crippen LogP contribution in [0.2, 0.25) is 0 Å². The lowest BCUT2D eigenvalue weighted by molar-refractivity contribution is 0.123. The van der Waals surface area contributed by atoms with Gasteiger partial charge in [0.1, 0.15) is 0 Å². The number of halogens is 1. The lowest BCUT2D eigenvalue weighted by atomic mass is 10.0. The van der Waals surface area contributed by atoms with Gasteiger partial charge in [-0.15, -0.1) is 6.58 Å². The average molecular weight is 283 g/mol. The largest absolute Gasteiger partial charge is 0.381 e. The van der Waals surface area contributed by atoms with Crippen molar-refractivity contribution < 1.29 is 4.74 Å². The van der Waals surface area contributed by atoms with E-state index in [0.717, 1.165) is 31.4 Å². The van der Waals surface area contributed by atoms with E-state index in [2.05, 4.69) is 46.8 Å². The second kappa shape index (κ2) is 8.54. The minimum absolute atomic E-state index is 0.449. The van der Waals surface area contributed by atoms with Gasteiger partial charge in [-0.05, 0) is 18.4 Å². The van der Waals surface area contributed by atoms with Crippen LogP contribution in [0.4, 0.5) is 0 Å². The first-order valence-corrected chi connectivity index (χ1v) is 6.80. The van der Waals surface area contributed by atoms with Crippen LogP contribution >= 0.6 is 15.9 Å². The molecule has 0 saturated heterocycles. The first-order chi connectivity index (χ1) is 7.88. The summed E-state index contributed by atoms with van der Waals surface area (Å²) in [6.45, 7) is 5.30. The van der Waals surface area contributed by atoms with Crippen LogP contribution in [0.15, 0.2) is 43.0 Å². The highest BCUT2D eigenvalue weighted by Crippen LogP contribution is 2.18. The number of hydrogen-bond acceptors (Lipinski definition) is 1. The maximum absolute atomic E-state index is 5.67. The van der Waals surface area contributed by atoms with E-state index >= 15 is 0 Å². The van der Waals surface area contributed by atoms with E-state index < -0.39 is 0 Å². The number of benzene rings is 1. The van der Waals surface area contributed by atoms with Gasteiger partial charge >= 0.3 is 0 Å². The number of ether oxygens (including phenoxy) is 1. The smallest absolute Gasteiger partial charge is 0.0542 e. The molecule has 0 spiro atoms. The number of unbranched alkanes of at least 4 members (excludes halogenated alkanes) is 1. The number of rotatable bonds is 8. The summed E-state index contributed by atoms with van der Waals surface area (Å²) >= 11 is 3.54. The van der Waals surface area contributed by atoms with Crippen LogP contribution in [-0.2, 0) is 4.74 Å². The van der Waals surface area contributed by atoms with Crippen molar-refractivity contribution in [2.45, 2.75) is 18.8 Å². The highest BCUT2D eigenvalue weighted by Gasteiger charge is 2.09. The highest BCUT2D eigenvalue weighted by atomic mass is 79.9. The Morgan fingerprint density at radius 1 is 1.31 bits per heavy atom. The zero-order valence-corrected chi connectivity index (χ0v) is 11.2. The third-order valence-corrected chi connectivity index (χ3v) is 3.25. The molecule has 1 unspecified atom stereocenters. The minimum atomic E-state index is 0.449. The minimum Gasteiger partial charge on any atom is -0.381 e. The third-order valence-electron chi connectivity index (χ3n) is 2.47. The van der Waals surface area contributed by atoms with Gasteiger partial charge in [-0.1, -0.05) is 52.3 Å². The molecule has 0 aliphatic rings. The normalized spacial score (nSPS) is 12.3. The Morgan fingerprint density at radius 2 is 2.06 bits per heavy atom. The van der Waals surface area contributed by atoms with Crippen LogP contribution in [0.1, 0.15) is 24.3 Å². The summed E-state index contributed by atoms with van der Waals surface area (Å²) in [5.74, 6) is 0.449. The lowest BCUT2D eigenvalue weighted by Crippen LogP contribution is -2.10. The van der Waals surface area contributed by atoms with Crippen LogP contribution < -0.4 is 0 Å². The van der Waals surface area contributed by atoms with E-state index in [-0.39, 0.29) is 0 Å². The molecule has 0 aliphatic heterocycles. The van der Waals surface area contributed by atoms with Gasteiger partial charge in [-0.25, -0.2) is 0 Å². The van der Waals surface area contributed by atoms with Crippen LogP contribution in [0.25, 0.3) is 0 Å². The fourth-order valence-electron chi connectivity index (χ4n) is 1.51. The maximum atomic E-state index is 5.67. The maximum Gasteiger partial charge on any atom is 0.0542 e. The predicted octanol–water partition coefficient (Wildman–Crippen LogP) is 4.15. The second-order valence-corrected chi connectivity index (χ2v) is 4.42. The van der Waals surface area contributed by atoms with Crippen LogP contribution in [0.5, 0.6) is 0 Å². The SMILES string of the molecule is C=CCCCOCC(CBr)c1ccccc1. The Morgan fingerprint density at radius 3 is 2.69 bits per heavy atom. The molecule has 0 aromatic heterocycles. The number of alkyl halides is 1. The summed E-state index contributed by atoms with van der Waals surface area (Å²) in [7, 11) is 0. The van der Waals surface area contributed by atoms with Gasteiger partial charge in [0.15, 0.2) is 0 Å².